The third-order valence-electron chi connectivity index (χ3n) is 2.32. The van der Waals surface area contributed by atoms with Crippen LogP contribution in [0.2, 0.25) is 5.02 Å². The first-order valence-electron chi connectivity index (χ1n) is 5.38. The lowest BCUT2D eigenvalue weighted by Crippen LogP contribution is -2.27. The second kappa shape index (κ2) is 7.96. The minimum absolute atomic E-state index is 0. The van der Waals surface area contributed by atoms with Gasteiger partial charge in [0.05, 0.1) is 4.90 Å². The van der Waals surface area contributed by atoms with E-state index in [-0.39, 0.29) is 17.3 Å². The molecule has 4 nitrogen and oxygen atoms in total. The SMILES string of the molecule is CNCCCNS(=O)(=O)c1ccc(Cl)cc1C.Cl. The number of benzene rings is 1. The highest BCUT2D eigenvalue weighted by atomic mass is 35.5. The van der Waals surface area contributed by atoms with E-state index in [4.69, 9.17) is 11.6 Å². The molecule has 1 aromatic rings. The fourth-order valence-electron chi connectivity index (χ4n) is 1.46. The first kappa shape index (κ1) is 17.7. The van der Waals surface area contributed by atoms with Gasteiger partial charge in [0, 0.05) is 11.6 Å². The largest absolute Gasteiger partial charge is 0.320 e. The van der Waals surface area contributed by atoms with Crippen molar-refractivity contribution in [1.29, 1.82) is 0 Å². The smallest absolute Gasteiger partial charge is 0.240 e. The lowest BCUT2D eigenvalue weighted by molar-refractivity contribution is 0.576. The highest BCUT2D eigenvalue weighted by Crippen LogP contribution is 2.19. The molecule has 1 aromatic carbocycles. The van der Waals surface area contributed by atoms with Crippen LogP contribution in [-0.4, -0.2) is 28.6 Å². The van der Waals surface area contributed by atoms with Gasteiger partial charge in [-0.2, -0.15) is 0 Å². The minimum Gasteiger partial charge on any atom is -0.320 e. The second-order valence-electron chi connectivity index (χ2n) is 3.76. The summed E-state index contributed by atoms with van der Waals surface area (Å²) in [6, 6.07) is 4.75. The number of hydrogen-bond donors (Lipinski definition) is 2. The summed E-state index contributed by atoms with van der Waals surface area (Å²) >= 11 is 5.79. The van der Waals surface area contributed by atoms with Gasteiger partial charge in [0.15, 0.2) is 0 Å². The molecule has 0 fully saturated rings. The molecule has 104 valence electrons. The molecule has 0 radical (unpaired) electrons. The number of sulfonamides is 1. The Balaban J connectivity index is 0.00000289. The molecule has 0 atom stereocenters. The Bertz CT molecular complexity index is 478. The molecule has 0 unspecified atom stereocenters. The number of aryl methyl sites for hydroxylation is 1. The molecular weight excluding hydrogens is 295 g/mol. The van der Waals surface area contributed by atoms with E-state index in [0.717, 1.165) is 13.0 Å². The van der Waals surface area contributed by atoms with E-state index in [0.29, 0.717) is 17.1 Å². The van der Waals surface area contributed by atoms with Crippen LogP contribution in [0.5, 0.6) is 0 Å². The Kier molecular flexibility index (Phi) is 7.82. The predicted molar refractivity (Wildman–Crippen MR) is 77.2 cm³/mol. The van der Waals surface area contributed by atoms with E-state index < -0.39 is 10.0 Å². The lowest BCUT2D eigenvalue weighted by Gasteiger charge is -2.09. The Morgan fingerprint density at radius 2 is 1.94 bits per heavy atom. The zero-order valence-corrected chi connectivity index (χ0v) is 12.8. The van der Waals surface area contributed by atoms with Crippen molar-refractivity contribution in [3.63, 3.8) is 0 Å². The van der Waals surface area contributed by atoms with Crippen molar-refractivity contribution in [2.45, 2.75) is 18.2 Å². The average molecular weight is 313 g/mol. The fraction of sp³-hybridized carbons (Fsp3) is 0.455. The molecule has 18 heavy (non-hydrogen) atoms. The molecule has 2 N–H and O–H groups in total. The van der Waals surface area contributed by atoms with E-state index >= 15 is 0 Å². The van der Waals surface area contributed by atoms with Gasteiger partial charge < -0.3 is 5.32 Å². The molecule has 1 rings (SSSR count). The summed E-state index contributed by atoms with van der Waals surface area (Å²) in [5, 5.41) is 3.50. The van der Waals surface area contributed by atoms with Crippen molar-refractivity contribution in [1.82, 2.24) is 10.0 Å². The van der Waals surface area contributed by atoms with Crippen LogP contribution in [0.3, 0.4) is 0 Å². The van der Waals surface area contributed by atoms with Gasteiger partial charge in [-0.1, -0.05) is 11.6 Å². The van der Waals surface area contributed by atoms with Crippen LogP contribution in [0.25, 0.3) is 0 Å². The van der Waals surface area contributed by atoms with Gasteiger partial charge in [0.2, 0.25) is 10.0 Å². The first-order valence-corrected chi connectivity index (χ1v) is 7.24. The first-order chi connectivity index (χ1) is 7.97. The standard InChI is InChI=1S/C11H17ClN2O2S.ClH/c1-9-8-10(12)4-5-11(9)17(15,16)14-7-3-6-13-2;/h4-5,8,13-14H,3,6-7H2,1-2H3;1H. The van der Waals surface area contributed by atoms with Crippen LogP contribution in [0.1, 0.15) is 12.0 Å². The third kappa shape index (κ3) is 5.12. The molecule has 7 heteroatoms. The van der Waals surface area contributed by atoms with Crippen LogP contribution in [0.4, 0.5) is 0 Å². The molecular formula is C11H18Cl2N2O2S. The molecule has 0 aliphatic heterocycles. The van der Waals surface area contributed by atoms with Gasteiger partial charge in [-0.25, -0.2) is 13.1 Å². The molecule has 0 amide bonds. The molecule has 0 aliphatic rings. The Morgan fingerprint density at radius 1 is 1.28 bits per heavy atom. The highest BCUT2D eigenvalue weighted by Gasteiger charge is 2.15. The average Bonchev–Trinajstić information content (AvgIpc) is 2.24. The van der Waals surface area contributed by atoms with Crippen LogP contribution in [0.15, 0.2) is 23.1 Å². The molecule has 0 saturated carbocycles. The van der Waals surface area contributed by atoms with Crippen molar-refractivity contribution in [2.75, 3.05) is 20.1 Å². The molecule has 0 heterocycles. The maximum atomic E-state index is 12.0. The molecule has 0 spiro atoms. The quantitative estimate of drug-likeness (QED) is 0.789. The lowest BCUT2D eigenvalue weighted by atomic mass is 10.2. The van der Waals surface area contributed by atoms with Crippen LogP contribution < -0.4 is 10.0 Å². The molecule has 0 aromatic heterocycles. The number of hydrogen-bond acceptors (Lipinski definition) is 3. The summed E-state index contributed by atoms with van der Waals surface area (Å²) in [5.74, 6) is 0. The van der Waals surface area contributed by atoms with Gasteiger partial charge in [-0.15, -0.1) is 12.4 Å². The highest BCUT2D eigenvalue weighted by molar-refractivity contribution is 7.89. The summed E-state index contributed by atoms with van der Waals surface area (Å²) in [7, 11) is -1.59. The van der Waals surface area contributed by atoms with E-state index in [9.17, 15) is 8.42 Å². The Hall–Kier alpha value is -0.330. The van der Waals surface area contributed by atoms with Crippen LogP contribution in [0, 0.1) is 6.92 Å². The van der Waals surface area contributed by atoms with Crippen molar-refractivity contribution >= 4 is 34.0 Å². The predicted octanol–water partition coefficient (Wildman–Crippen LogP) is 1.96. The van der Waals surface area contributed by atoms with Gasteiger partial charge in [-0.3, -0.25) is 0 Å². The molecule has 0 saturated heterocycles. The van der Waals surface area contributed by atoms with Crippen LogP contribution >= 0.6 is 24.0 Å². The summed E-state index contributed by atoms with van der Waals surface area (Å²) in [6.45, 7) is 2.93. The molecule has 0 aliphatic carbocycles. The van der Waals surface area contributed by atoms with Crippen molar-refractivity contribution in [3.05, 3.63) is 28.8 Å². The molecule has 0 bridgehead atoms. The zero-order chi connectivity index (χ0) is 12.9. The van der Waals surface area contributed by atoms with E-state index in [1.807, 2.05) is 7.05 Å². The topological polar surface area (TPSA) is 58.2 Å². The van der Waals surface area contributed by atoms with Crippen molar-refractivity contribution in [3.8, 4) is 0 Å². The third-order valence-corrected chi connectivity index (χ3v) is 4.18. The Morgan fingerprint density at radius 3 is 2.50 bits per heavy atom. The van der Waals surface area contributed by atoms with Crippen molar-refractivity contribution < 1.29 is 8.42 Å². The zero-order valence-electron chi connectivity index (χ0n) is 10.4. The monoisotopic (exact) mass is 312 g/mol. The minimum atomic E-state index is -3.42. The number of rotatable bonds is 6. The van der Waals surface area contributed by atoms with Gasteiger partial charge in [-0.05, 0) is 50.7 Å². The maximum Gasteiger partial charge on any atom is 0.240 e. The maximum absolute atomic E-state index is 12.0. The summed E-state index contributed by atoms with van der Waals surface area (Å²) < 4.78 is 26.5. The summed E-state index contributed by atoms with van der Waals surface area (Å²) in [4.78, 5) is 0.284. The Labute approximate surface area is 120 Å². The van der Waals surface area contributed by atoms with E-state index in [1.54, 1.807) is 19.1 Å². The second-order valence-corrected chi connectivity index (χ2v) is 5.94. The van der Waals surface area contributed by atoms with Gasteiger partial charge in [0.1, 0.15) is 0 Å². The number of halogens is 2. The normalized spacial score (nSPS) is 11.1. The van der Waals surface area contributed by atoms with Gasteiger partial charge in [0.25, 0.3) is 0 Å². The van der Waals surface area contributed by atoms with Crippen molar-refractivity contribution in [2.24, 2.45) is 0 Å². The summed E-state index contributed by atoms with van der Waals surface area (Å²) in [5.41, 5.74) is 0.651. The summed E-state index contributed by atoms with van der Waals surface area (Å²) in [6.07, 6.45) is 0.752. The fourth-order valence-corrected chi connectivity index (χ4v) is 2.99. The van der Waals surface area contributed by atoms with Gasteiger partial charge >= 0.3 is 0 Å². The van der Waals surface area contributed by atoms with E-state index in [2.05, 4.69) is 10.0 Å². The van der Waals surface area contributed by atoms with Crippen LogP contribution in [-0.2, 0) is 10.0 Å². The number of nitrogens with one attached hydrogen (secondary N) is 2. The van der Waals surface area contributed by atoms with E-state index in [1.165, 1.54) is 6.07 Å².